The number of nitrogens with one attached hydrogen (secondary N) is 1. The van der Waals surface area contributed by atoms with Crippen LogP contribution in [0, 0.1) is 6.92 Å². The summed E-state index contributed by atoms with van der Waals surface area (Å²) < 4.78 is 1.92. The van der Waals surface area contributed by atoms with Gasteiger partial charge in [-0.1, -0.05) is 76.9 Å². The zero-order chi connectivity index (χ0) is 24.1. The lowest BCUT2D eigenvalue weighted by Crippen LogP contribution is -2.21. The van der Waals surface area contributed by atoms with E-state index in [0.717, 1.165) is 22.4 Å². The number of nitrogens with zero attached hydrogens (tertiary/aromatic N) is 4. The van der Waals surface area contributed by atoms with Crippen LogP contribution in [0.3, 0.4) is 0 Å². The largest absolute Gasteiger partial charge is 0.272 e. The predicted octanol–water partition coefficient (Wildman–Crippen LogP) is 6.18. The lowest BCUT2D eigenvalue weighted by molar-refractivity contribution is -0.118. The van der Waals surface area contributed by atoms with Crippen LogP contribution in [0.4, 0.5) is 0 Å². The highest BCUT2D eigenvalue weighted by molar-refractivity contribution is 7.99. The number of amides is 1. The van der Waals surface area contributed by atoms with Crippen LogP contribution in [0.15, 0.2) is 83.1 Å². The average Bonchev–Trinajstić information content (AvgIpc) is 3.26. The van der Waals surface area contributed by atoms with Gasteiger partial charge in [0.2, 0.25) is 0 Å². The zero-order valence-electron chi connectivity index (χ0n) is 18.5. The van der Waals surface area contributed by atoms with Crippen LogP contribution in [0.25, 0.3) is 17.1 Å². The molecule has 0 atom stereocenters. The van der Waals surface area contributed by atoms with Crippen LogP contribution in [-0.4, -0.2) is 32.1 Å². The van der Waals surface area contributed by atoms with Gasteiger partial charge in [-0.2, -0.15) is 5.10 Å². The van der Waals surface area contributed by atoms with E-state index in [1.165, 1.54) is 11.8 Å². The summed E-state index contributed by atoms with van der Waals surface area (Å²) >= 11 is 13.3. The summed E-state index contributed by atoms with van der Waals surface area (Å²) in [5.41, 5.74) is 7.09. The Morgan fingerprint density at radius 1 is 0.941 bits per heavy atom. The van der Waals surface area contributed by atoms with Crippen LogP contribution in [0.2, 0.25) is 10.0 Å². The van der Waals surface area contributed by atoms with E-state index < -0.39 is 0 Å². The first-order valence-electron chi connectivity index (χ1n) is 10.4. The Labute approximate surface area is 212 Å². The summed E-state index contributed by atoms with van der Waals surface area (Å²) in [5.74, 6) is 0.555. The first-order chi connectivity index (χ1) is 16.4. The first kappa shape index (κ1) is 24.0. The Bertz CT molecular complexity index is 1320. The number of carbonyl (C=O) groups is 1. The van der Waals surface area contributed by atoms with Gasteiger partial charge in [0, 0.05) is 21.3 Å². The van der Waals surface area contributed by atoms with E-state index in [1.54, 1.807) is 12.1 Å². The predicted molar refractivity (Wildman–Crippen MR) is 139 cm³/mol. The number of halogens is 2. The number of carbonyl (C=O) groups excluding carboxylic acids is 1. The lowest BCUT2D eigenvalue weighted by Gasteiger charge is -2.10. The van der Waals surface area contributed by atoms with Gasteiger partial charge in [-0.15, -0.1) is 10.2 Å². The third-order valence-electron chi connectivity index (χ3n) is 4.97. The summed E-state index contributed by atoms with van der Waals surface area (Å²) in [6.45, 7) is 3.85. The molecular weight excluding hydrogens is 489 g/mol. The van der Waals surface area contributed by atoms with Gasteiger partial charge in [-0.25, -0.2) is 5.43 Å². The van der Waals surface area contributed by atoms with Gasteiger partial charge in [-0.05, 0) is 55.8 Å². The SMILES string of the molecule is C/C(=N/NC(=O)CSc1nnc(-c2ccc(C)cc2)n1-c1ccc(Cl)cc1)c1ccc(Cl)cc1. The van der Waals surface area contributed by atoms with Crippen LogP contribution >= 0.6 is 35.0 Å². The second kappa shape index (κ2) is 10.9. The molecule has 1 N–H and O–H groups in total. The van der Waals surface area contributed by atoms with E-state index in [1.807, 2.05) is 79.1 Å². The minimum absolute atomic E-state index is 0.122. The van der Waals surface area contributed by atoms with Gasteiger partial charge in [0.25, 0.3) is 5.91 Å². The first-order valence-corrected chi connectivity index (χ1v) is 12.1. The van der Waals surface area contributed by atoms with Crippen molar-refractivity contribution in [1.29, 1.82) is 0 Å². The Balaban J connectivity index is 1.52. The lowest BCUT2D eigenvalue weighted by atomic mass is 10.1. The van der Waals surface area contributed by atoms with Crippen molar-refractivity contribution in [2.24, 2.45) is 5.10 Å². The molecule has 0 fully saturated rings. The third-order valence-corrected chi connectivity index (χ3v) is 6.40. The Hall–Kier alpha value is -3.13. The van der Waals surface area contributed by atoms with Gasteiger partial charge in [0.1, 0.15) is 0 Å². The van der Waals surface area contributed by atoms with Crippen molar-refractivity contribution in [1.82, 2.24) is 20.2 Å². The Morgan fingerprint density at radius 3 is 2.21 bits per heavy atom. The number of aryl methyl sites for hydroxylation is 1. The molecule has 34 heavy (non-hydrogen) atoms. The Kier molecular flexibility index (Phi) is 7.67. The summed E-state index contributed by atoms with van der Waals surface area (Å²) in [6, 6.07) is 22.7. The molecule has 0 saturated heterocycles. The number of benzene rings is 3. The highest BCUT2D eigenvalue weighted by atomic mass is 35.5. The fourth-order valence-electron chi connectivity index (χ4n) is 3.14. The third kappa shape index (κ3) is 5.86. The molecule has 4 aromatic rings. The minimum Gasteiger partial charge on any atom is -0.272 e. The highest BCUT2D eigenvalue weighted by Crippen LogP contribution is 2.28. The number of hydrogen-bond acceptors (Lipinski definition) is 5. The molecule has 1 aromatic heterocycles. The van der Waals surface area contributed by atoms with Crippen molar-refractivity contribution in [3.05, 3.63) is 94.0 Å². The molecule has 3 aromatic carbocycles. The van der Waals surface area contributed by atoms with E-state index in [0.29, 0.717) is 26.7 Å². The monoisotopic (exact) mass is 509 g/mol. The molecule has 4 rings (SSSR count). The molecule has 1 amide bonds. The minimum atomic E-state index is -0.249. The zero-order valence-corrected chi connectivity index (χ0v) is 20.8. The molecule has 0 bridgehead atoms. The Morgan fingerprint density at radius 2 is 1.56 bits per heavy atom. The van der Waals surface area contributed by atoms with Gasteiger partial charge in [0.15, 0.2) is 11.0 Å². The van der Waals surface area contributed by atoms with Gasteiger partial charge in [0.05, 0.1) is 11.5 Å². The summed E-state index contributed by atoms with van der Waals surface area (Å²) in [6.07, 6.45) is 0. The quantitative estimate of drug-likeness (QED) is 0.183. The average molecular weight is 510 g/mol. The maximum atomic E-state index is 12.5. The van der Waals surface area contributed by atoms with Gasteiger partial charge in [-0.3, -0.25) is 9.36 Å². The summed E-state index contributed by atoms with van der Waals surface area (Å²) in [4.78, 5) is 12.5. The standard InChI is InChI=1S/C25H21Cl2N5OS/c1-16-3-5-19(6-4-16)24-30-31-25(32(24)22-13-11-21(27)12-14-22)34-15-23(33)29-28-17(2)18-7-9-20(26)10-8-18/h3-14H,15H2,1-2H3,(H,29,33)/b28-17-. The van der Waals surface area contributed by atoms with E-state index >= 15 is 0 Å². The molecule has 0 aliphatic rings. The fourth-order valence-corrected chi connectivity index (χ4v) is 4.14. The highest BCUT2D eigenvalue weighted by Gasteiger charge is 2.17. The van der Waals surface area contributed by atoms with Crippen molar-refractivity contribution >= 4 is 46.6 Å². The molecule has 1 heterocycles. The van der Waals surface area contributed by atoms with E-state index in [-0.39, 0.29) is 11.7 Å². The van der Waals surface area contributed by atoms with Crippen molar-refractivity contribution in [3.63, 3.8) is 0 Å². The molecule has 172 valence electrons. The van der Waals surface area contributed by atoms with Crippen molar-refractivity contribution in [3.8, 4) is 17.1 Å². The molecular formula is C25H21Cl2N5OS. The summed E-state index contributed by atoms with van der Waals surface area (Å²) in [5, 5.41) is 14.8. The molecule has 9 heteroatoms. The number of rotatable bonds is 7. The maximum Gasteiger partial charge on any atom is 0.250 e. The smallest absolute Gasteiger partial charge is 0.250 e. The van der Waals surface area contributed by atoms with Crippen molar-refractivity contribution in [2.45, 2.75) is 19.0 Å². The molecule has 0 aliphatic heterocycles. The second-order valence-corrected chi connectivity index (χ2v) is 9.33. The molecule has 0 unspecified atom stereocenters. The number of hydrogen-bond donors (Lipinski definition) is 1. The number of hydrazone groups is 1. The maximum absolute atomic E-state index is 12.5. The fraction of sp³-hybridized carbons (Fsp3) is 0.120. The summed E-state index contributed by atoms with van der Waals surface area (Å²) in [7, 11) is 0. The van der Waals surface area contributed by atoms with E-state index in [4.69, 9.17) is 23.2 Å². The van der Waals surface area contributed by atoms with E-state index in [2.05, 4.69) is 20.7 Å². The van der Waals surface area contributed by atoms with Crippen molar-refractivity contribution < 1.29 is 4.79 Å². The molecule has 0 radical (unpaired) electrons. The molecule has 0 spiro atoms. The van der Waals surface area contributed by atoms with Gasteiger partial charge >= 0.3 is 0 Å². The van der Waals surface area contributed by atoms with Crippen LogP contribution in [0.5, 0.6) is 0 Å². The molecule has 6 nitrogen and oxygen atoms in total. The number of aromatic nitrogens is 3. The van der Waals surface area contributed by atoms with Crippen LogP contribution < -0.4 is 5.43 Å². The topological polar surface area (TPSA) is 72.2 Å². The van der Waals surface area contributed by atoms with Crippen LogP contribution in [-0.2, 0) is 4.79 Å². The molecule has 0 aliphatic carbocycles. The normalized spacial score (nSPS) is 11.5. The van der Waals surface area contributed by atoms with Gasteiger partial charge < -0.3 is 0 Å². The second-order valence-electron chi connectivity index (χ2n) is 7.51. The van der Waals surface area contributed by atoms with E-state index in [9.17, 15) is 4.79 Å². The molecule has 0 saturated carbocycles. The van der Waals surface area contributed by atoms with Crippen molar-refractivity contribution in [2.75, 3.05) is 5.75 Å². The number of thioether (sulfide) groups is 1. The van der Waals surface area contributed by atoms with Crippen LogP contribution in [0.1, 0.15) is 18.1 Å².